The Morgan fingerprint density at radius 3 is 2.57 bits per heavy atom. The molecule has 1 aliphatic heterocycles. The molecule has 37 heavy (non-hydrogen) atoms. The molecule has 0 bridgehead atoms. The molecule has 0 radical (unpaired) electrons. The number of benzene rings is 2. The smallest absolute Gasteiger partial charge is 0.373 e. The molecule has 1 N–H and O–H groups in total. The molecule has 0 spiro atoms. The fourth-order valence-corrected chi connectivity index (χ4v) is 4.18. The van der Waals surface area contributed by atoms with Gasteiger partial charge >= 0.3 is 5.97 Å². The van der Waals surface area contributed by atoms with Crippen LogP contribution in [0, 0.1) is 0 Å². The van der Waals surface area contributed by atoms with Gasteiger partial charge in [0.15, 0.2) is 0 Å². The highest BCUT2D eigenvalue weighted by Crippen LogP contribution is 2.24. The number of aliphatic carboxylic acids is 1. The molecule has 3 rings (SSSR count). The SMILES string of the molecule is CCCc1ccccc1OC(OCCCOc1ccc(C(=O)N2CCCC2)cc1CC=COC)C(=O)O. The number of hydrogen-bond acceptors (Lipinski definition) is 6. The second kappa shape index (κ2) is 14.9. The lowest BCUT2D eigenvalue weighted by Gasteiger charge is -2.18. The maximum Gasteiger partial charge on any atom is 0.373 e. The molecule has 200 valence electrons. The molecule has 1 amide bonds. The highest BCUT2D eigenvalue weighted by Gasteiger charge is 2.22. The predicted molar refractivity (Wildman–Crippen MR) is 140 cm³/mol. The molecular formula is C29H37NO7. The Balaban J connectivity index is 1.55. The maximum absolute atomic E-state index is 12.8. The molecule has 1 atom stereocenters. The first-order valence-electron chi connectivity index (χ1n) is 12.8. The number of ether oxygens (including phenoxy) is 4. The van der Waals surface area contributed by atoms with Crippen LogP contribution in [0.5, 0.6) is 11.5 Å². The number of likely N-dealkylation sites (tertiary alicyclic amines) is 1. The van der Waals surface area contributed by atoms with Gasteiger partial charge in [-0.3, -0.25) is 4.79 Å². The third kappa shape index (κ3) is 8.53. The van der Waals surface area contributed by atoms with Crippen LogP contribution in [0.15, 0.2) is 54.8 Å². The summed E-state index contributed by atoms with van der Waals surface area (Å²) in [7, 11) is 1.58. The molecule has 2 aromatic rings. The summed E-state index contributed by atoms with van der Waals surface area (Å²) >= 11 is 0. The van der Waals surface area contributed by atoms with Gasteiger partial charge in [-0.1, -0.05) is 31.5 Å². The molecule has 2 aromatic carbocycles. The summed E-state index contributed by atoms with van der Waals surface area (Å²) in [5, 5.41) is 9.55. The molecule has 1 fully saturated rings. The van der Waals surface area contributed by atoms with Crippen molar-refractivity contribution in [3.05, 3.63) is 71.5 Å². The highest BCUT2D eigenvalue weighted by atomic mass is 16.7. The number of hydrogen-bond donors (Lipinski definition) is 1. The number of para-hydroxylation sites is 1. The number of carbonyl (C=O) groups is 2. The fourth-order valence-electron chi connectivity index (χ4n) is 4.18. The van der Waals surface area contributed by atoms with Crippen molar-refractivity contribution in [2.45, 2.75) is 51.7 Å². The maximum atomic E-state index is 12.8. The van der Waals surface area contributed by atoms with Crippen LogP contribution in [0.1, 0.15) is 54.1 Å². The van der Waals surface area contributed by atoms with E-state index >= 15 is 0 Å². The van der Waals surface area contributed by atoms with E-state index in [2.05, 4.69) is 6.92 Å². The number of methoxy groups -OCH3 is 1. The van der Waals surface area contributed by atoms with Gasteiger partial charge in [0.05, 0.1) is 26.6 Å². The Morgan fingerprint density at radius 1 is 1.05 bits per heavy atom. The minimum Gasteiger partial charge on any atom is -0.505 e. The Kier molecular flexibility index (Phi) is 11.3. The van der Waals surface area contributed by atoms with Crippen LogP contribution in [0.25, 0.3) is 0 Å². The standard InChI is InChI=1S/C29H37NO7/c1-3-10-22-11-4-5-13-26(22)37-29(28(32)33)36-20-9-19-35-25-15-14-24(21-23(25)12-8-18-34-2)27(31)30-16-6-7-17-30/h4-5,8,11,13-15,18,21,29H,3,6-7,9-10,12,16-17,19-20H2,1-2H3,(H,32,33). The van der Waals surface area contributed by atoms with Crippen molar-refractivity contribution >= 4 is 11.9 Å². The van der Waals surface area contributed by atoms with Crippen molar-refractivity contribution < 1.29 is 33.6 Å². The van der Waals surface area contributed by atoms with E-state index in [1.165, 1.54) is 0 Å². The number of amides is 1. The molecule has 0 saturated carbocycles. The third-order valence-corrected chi connectivity index (χ3v) is 6.01. The number of allylic oxidation sites excluding steroid dienone is 1. The van der Waals surface area contributed by atoms with Crippen LogP contribution in [-0.2, 0) is 27.1 Å². The summed E-state index contributed by atoms with van der Waals surface area (Å²) < 4.78 is 22.2. The summed E-state index contributed by atoms with van der Waals surface area (Å²) in [6, 6.07) is 12.9. The van der Waals surface area contributed by atoms with Gasteiger partial charge in [0.2, 0.25) is 0 Å². The van der Waals surface area contributed by atoms with E-state index in [1.807, 2.05) is 41.3 Å². The lowest BCUT2D eigenvalue weighted by atomic mass is 10.1. The number of nitrogens with zero attached hydrogens (tertiary/aromatic N) is 1. The number of carboxylic acids is 1. The van der Waals surface area contributed by atoms with Crippen LogP contribution in [0.4, 0.5) is 0 Å². The van der Waals surface area contributed by atoms with Gasteiger partial charge in [-0.2, -0.15) is 0 Å². The summed E-state index contributed by atoms with van der Waals surface area (Å²) in [5.74, 6) is 0.0379. The van der Waals surface area contributed by atoms with E-state index < -0.39 is 12.3 Å². The third-order valence-electron chi connectivity index (χ3n) is 6.01. The van der Waals surface area contributed by atoms with Gasteiger partial charge in [-0.05, 0) is 67.2 Å². The van der Waals surface area contributed by atoms with Crippen LogP contribution in [-0.4, -0.2) is 61.6 Å². The van der Waals surface area contributed by atoms with Crippen molar-refractivity contribution in [2.75, 3.05) is 33.4 Å². The van der Waals surface area contributed by atoms with E-state index in [-0.39, 0.29) is 12.5 Å². The molecule has 8 nitrogen and oxygen atoms in total. The van der Waals surface area contributed by atoms with E-state index in [4.69, 9.17) is 18.9 Å². The summed E-state index contributed by atoms with van der Waals surface area (Å²) in [6.45, 7) is 4.11. The zero-order valence-corrected chi connectivity index (χ0v) is 21.7. The molecule has 1 saturated heterocycles. The van der Waals surface area contributed by atoms with Crippen LogP contribution in [0.3, 0.4) is 0 Å². The molecule has 1 unspecified atom stereocenters. The summed E-state index contributed by atoms with van der Waals surface area (Å²) in [6.07, 6.45) is 6.86. The van der Waals surface area contributed by atoms with Gasteiger partial charge < -0.3 is 29.0 Å². The van der Waals surface area contributed by atoms with Crippen molar-refractivity contribution in [1.29, 1.82) is 0 Å². The lowest BCUT2D eigenvalue weighted by molar-refractivity contribution is -0.171. The monoisotopic (exact) mass is 511 g/mol. The minimum absolute atomic E-state index is 0.0367. The van der Waals surface area contributed by atoms with Crippen LogP contribution < -0.4 is 9.47 Å². The largest absolute Gasteiger partial charge is 0.505 e. The van der Waals surface area contributed by atoms with Crippen LogP contribution >= 0.6 is 0 Å². The van der Waals surface area contributed by atoms with Crippen LogP contribution in [0.2, 0.25) is 0 Å². The van der Waals surface area contributed by atoms with Gasteiger partial charge in [0.1, 0.15) is 11.5 Å². The first kappa shape index (κ1) is 28.1. The topological polar surface area (TPSA) is 94.5 Å². The van der Waals surface area contributed by atoms with Gasteiger partial charge in [-0.15, -0.1) is 0 Å². The minimum atomic E-state index is -1.40. The normalized spacial score (nSPS) is 14.1. The summed E-state index contributed by atoms with van der Waals surface area (Å²) in [5.41, 5.74) is 2.46. The number of aryl methyl sites for hydroxylation is 1. The zero-order valence-electron chi connectivity index (χ0n) is 21.7. The van der Waals surface area contributed by atoms with Gasteiger partial charge in [0.25, 0.3) is 12.2 Å². The van der Waals surface area contributed by atoms with Crippen molar-refractivity contribution in [3.63, 3.8) is 0 Å². The molecule has 1 heterocycles. The van der Waals surface area contributed by atoms with Gasteiger partial charge in [-0.25, -0.2) is 4.79 Å². The van der Waals surface area contributed by atoms with E-state index in [0.717, 1.165) is 49.9 Å². The highest BCUT2D eigenvalue weighted by molar-refractivity contribution is 5.94. The average molecular weight is 512 g/mol. The second-order valence-corrected chi connectivity index (χ2v) is 8.85. The molecular weight excluding hydrogens is 474 g/mol. The second-order valence-electron chi connectivity index (χ2n) is 8.85. The van der Waals surface area contributed by atoms with E-state index in [1.54, 1.807) is 25.5 Å². The quantitative estimate of drug-likeness (QED) is 0.207. The zero-order chi connectivity index (χ0) is 26.5. The summed E-state index contributed by atoms with van der Waals surface area (Å²) in [4.78, 5) is 26.4. The van der Waals surface area contributed by atoms with Crippen molar-refractivity contribution in [2.24, 2.45) is 0 Å². The predicted octanol–water partition coefficient (Wildman–Crippen LogP) is 4.85. The first-order chi connectivity index (χ1) is 18.0. The number of rotatable bonds is 15. The Morgan fingerprint density at radius 2 is 1.84 bits per heavy atom. The fraction of sp³-hybridized carbons (Fsp3) is 0.448. The van der Waals surface area contributed by atoms with Crippen molar-refractivity contribution in [3.8, 4) is 11.5 Å². The Bertz CT molecular complexity index is 1050. The molecule has 0 aliphatic carbocycles. The van der Waals surface area contributed by atoms with E-state index in [0.29, 0.717) is 36.5 Å². The van der Waals surface area contributed by atoms with E-state index in [9.17, 15) is 14.7 Å². The average Bonchev–Trinajstić information content (AvgIpc) is 3.44. The lowest BCUT2D eigenvalue weighted by Crippen LogP contribution is -2.31. The molecule has 1 aliphatic rings. The molecule has 8 heteroatoms. The number of carboxylic acid groups (broad SMARTS) is 1. The molecule has 0 aromatic heterocycles. The Labute approximate surface area is 218 Å². The van der Waals surface area contributed by atoms with Gasteiger partial charge in [0, 0.05) is 25.1 Å². The first-order valence-corrected chi connectivity index (χ1v) is 12.8. The number of carbonyl (C=O) groups excluding carboxylic acids is 1. The Hall–Kier alpha value is -3.52. The van der Waals surface area contributed by atoms with Crippen molar-refractivity contribution in [1.82, 2.24) is 4.90 Å².